The summed E-state index contributed by atoms with van der Waals surface area (Å²) in [6.07, 6.45) is -2.04. The fraction of sp³-hybridized carbons (Fsp3) is 0.182. The number of rotatable bonds is 6. The Morgan fingerprint density at radius 2 is 1.88 bits per heavy atom. The zero-order chi connectivity index (χ0) is 22.9. The van der Waals surface area contributed by atoms with Crippen LogP contribution >= 0.6 is 11.3 Å². The van der Waals surface area contributed by atoms with E-state index in [4.69, 9.17) is 5.73 Å². The highest BCUT2D eigenvalue weighted by atomic mass is 32.1. The van der Waals surface area contributed by atoms with Crippen molar-refractivity contribution in [3.8, 4) is 16.3 Å². The number of halogens is 3. The largest absolute Gasteiger partial charge is 0.573 e. The van der Waals surface area contributed by atoms with Gasteiger partial charge in [-0.25, -0.2) is 15.0 Å². The number of aromatic nitrogens is 3. The number of carbonyl (C=O) groups is 1. The molecule has 0 atom stereocenters. The molecule has 4 aromatic rings. The van der Waals surface area contributed by atoms with Crippen LogP contribution in [-0.2, 0) is 12.8 Å². The summed E-state index contributed by atoms with van der Waals surface area (Å²) in [5.41, 5.74) is 9.08. The van der Waals surface area contributed by atoms with Crippen LogP contribution in [0.1, 0.15) is 33.5 Å². The highest BCUT2D eigenvalue weighted by Crippen LogP contribution is 2.30. The maximum absolute atomic E-state index is 12.3. The number of para-hydroxylation sites is 1. The van der Waals surface area contributed by atoms with Crippen molar-refractivity contribution in [1.29, 1.82) is 0 Å². The maximum atomic E-state index is 12.3. The highest BCUT2D eigenvalue weighted by Gasteiger charge is 2.31. The molecular formula is C22H17F3N4O2S. The van der Waals surface area contributed by atoms with E-state index in [-0.39, 0.29) is 11.4 Å². The van der Waals surface area contributed by atoms with Crippen molar-refractivity contribution < 1.29 is 22.7 Å². The van der Waals surface area contributed by atoms with Crippen molar-refractivity contribution in [2.24, 2.45) is 5.73 Å². The summed E-state index contributed by atoms with van der Waals surface area (Å²) in [4.78, 5) is 26.2. The summed E-state index contributed by atoms with van der Waals surface area (Å²) in [5, 5.41) is 0.613. The minimum Gasteiger partial charge on any atom is -0.406 e. The van der Waals surface area contributed by atoms with Crippen molar-refractivity contribution in [3.05, 3.63) is 70.5 Å². The van der Waals surface area contributed by atoms with Crippen LogP contribution in [0.2, 0.25) is 0 Å². The molecule has 164 valence electrons. The minimum absolute atomic E-state index is 0.106. The van der Waals surface area contributed by atoms with Crippen LogP contribution in [-0.4, -0.2) is 27.2 Å². The Kier molecular flexibility index (Phi) is 5.79. The third kappa shape index (κ3) is 4.70. The molecule has 2 aromatic carbocycles. The van der Waals surface area contributed by atoms with Gasteiger partial charge in [0.2, 0.25) is 0 Å². The number of aryl methyl sites for hydroxylation is 1. The molecule has 0 saturated heterocycles. The molecule has 4 rings (SSSR count). The van der Waals surface area contributed by atoms with Gasteiger partial charge in [-0.15, -0.1) is 24.5 Å². The lowest BCUT2D eigenvalue weighted by Gasteiger charge is -2.09. The third-order valence-corrected chi connectivity index (χ3v) is 5.74. The maximum Gasteiger partial charge on any atom is 0.573 e. The quantitative estimate of drug-likeness (QED) is 0.444. The molecule has 0 aliphatic carbocycles. The van der Waals surface area contributed by atoms with Crippen molar-refractivity contribution in [2.75, 3.05) is 0 Å². The molecule has 0 saturated carbocycles. The number of primary amides is 1. The van der Waals surface area contributed by atoms with Crippen LogP contribution in [0.4, 0.5) is 13.2 Å². The van der Waals surface area contributed by atoms with Crippen LogP contribution in [0.25, 0.3) is 21.6 Å². The van der Waals surface area contributed by atoms with E-state index in [1.54, 1.807) is 12.3 Å². The number of hydrogen-bond acceptors (Lipinski definition) is 6. The number of hydrogen-bond donors (Lipinski definition) is 1. The number of nitrogens with zero attached hydrogens (tertiary/aromatic N) is 3. The SMILES string of the molecule is CCc1cccc2nc(C(N)=O)c(Cc3cnc(-c4ccc(OC(F)(F)F)cc4)s3)nc12. The molecular weight excluding hydrogens is 441 g/mol. The van der Waals surface area contributed by atoms with Gasteiger partial charge < -0.3 is 10.5 Å². The lowest BCUT2D eigenvalue weighted by atomic mass is 10.1. The van der Waals surface area contributed by atoms with Gasteiger partial charge in [-0.3, -0.25) is 4.79 Å². The Balaban J connectivity index is 1.63. The Labute approximate surface area is 184 Å². The van der Waals surface area contributed by atoms with Gasteiger partial charge in [-0.05, 0) is 42.3 Å². The molecule has 32 heavy (non-hydrogen) atoms. The fourth-order valence-corrected chi connectivity index (χ4v) is 4.18. The first-order valence-corrected chi connectivity index (χ1v) is 10.4. The summed E-state index contributed by atoms with van der Waals surface area (Å²) >= 11 is 1.34. The van der Waals surface area contributed by atoms with E-state index in [1.807, 2.05) is 19.1 Å². The zero-order valence-electron chi connectivity index (χ0n) is 16.8. The van der Waals surface area contributed by atoms with Crippen LogP contribution < -0.4 is 10.5 Å². The highest BCUT2D eigenvalue weighted by molar-refractivity contribution is 7.15. The molecule has 0 aliphatic heterocycles. The number of carbonyl (C=O) groups excluding carboxylic acids is 1. The monoisotopic (exact) mass is 458 g/mol. The fourth-order valence-electron chi connectivity index (χ4n) is 3.26. The molecule has 0 aliphatic rings. The van der Waals surface area contributed by atoms with Gasteiger partial charge in [-0.2, -0.15) is 0 Å². The first-order valence-electron chi connectivity index (χ1n) is 9.62. The lowest BCUT2D eigenvalue weighted by Crippen LogP contribution is -2.17. The standard InChI is InChI=1S/C22H17F3N4O2S/c1-2-12-4-3-5-16-18(12)29-17(19(28-16)20(26)30)10-15-11-27-21(32-15)13-6-8-14(9-7-13)31-22(23,24)25/h3-9,11H,2,10H2,1H3,(H2,26,30). The summed E-state index contributed by atoms with van der Waals surface area (Å²) < 4.78 is 40.9. The molecule has 0 unspecified atom stereocenters. The number of fused-ring (bicyclic) bond motifs is 1. The van der Waals surface area contributed by atoms with Gasteiger partial charge in [0.05, 0.1) is 16.7 Å². The number of ether oxygens (including phenoxy) is 1. The number of alkyl halides is 3. The Morgan fingerprint density at radius 1 is 1.12 bits per heavy atom. The Morgan fingerprint density at radius 3 is 2.53 bits per heavy atom. The zero-order valence-corrected chi connectivity index (χ0v) is 17.6. The van der Waals surface area contributed by atoms with Crippen molar-refractivity contribution in [1.82, 2.24) is 15.0 Å². The predicted octanol–water partition coefficient (Wildman–Crippen LogP) is 4.90. The van der Waals surface area contributed by atoms with Gasteiger partial charge in [0.1, 0.15) is 10.8 Å². The van der Waals surface area contributed by atoms with E-state index in [9.17, 15) is 18.0 Å². The van der Waals surface area contributed by atoms with Gasteiger partial charge >= 0.3 is 6.36 Å². The molecule has 0 spiro atoms. The smallest absolute Gasteiger partial charge is 0.406 e. The Bertz CT molecular complexity index is 1290. The number of amides is 1. The average Bonchev–Trinajstić information content (AvgIpc) is 3.20. The number of benzene rings is 2. The van der Waals surface area contributed by atoms with Crippen molar-refractivity contribution >= 4 is 28.3 Å². The predicted molar refractivity (Wildman–Crippen MR) is 114 cm³/mol. The van der Waals surface area contributed by atoms with Gasteiger partial charge in [0.15, 0.2) is 5.69 Å². The third-order valence-electron chi connectivity index (χ3n) is 4.70. The molecule has 2 aromatic heterocycles. The summed E-state index contributed by atoms with van der Waals surface area (Å²) in [7, 11) is 0. The lowest BCUT2D eigenvalue weighted by molar-refractivity contribution is -0.274. The van der Waals surface area contributed by atoms with E-state index in [1.165, 1.54) is 35.6 Å². The van der Waals surface area contributed by atoms with Gasteiger partial charge in [-0.1, -0.05) is 19.1 Å². The van der Waals surface area contributed by atoms with Gasteiger partial charge in [0, 0.05) is 23.1 Å². The number of nitrogens with two attached hydrogens (primary N) is 1. The van der Waals surface area contributed by atoms with Crippen LogP contribution in [0.5, 0.6) is 5.75 Å². The molecule has 10 heteroatoms. The van der Waals surface area contributed by atoms with Crippen LogP contribution in [0.3, 0.4) is 0 Å². The van der Waals surface area contributed by atoms with E-state index < -0.39 is 12.3 Å². The topological polar surface area (TPSA) is 91.0 Å². The van der Waals surface area contributed by atoms with Crippen LogP contribution in [0.15, 0.2) is 48.7 Å². The summed E-state index contributed by atoms with van der Waals surface area (Å²) in [5.74, 6) is -0.969. The van der Waals surface area contributed by atoms with Crippen molar-refractivity contribution in [3.63, 3.8) is 0 Å². The molecule has 1 amide bonds. The summed E-state index contributed by atoms with van der Waals surface area (Å²) in [6.45, 7) is 2.01. The second kappa shape index (κ2) is 8.54. The van der Waals surface area contributed by atoms with Crippen molar-refractivity contribution in [2.45, 2.75) is 26.1 Å². The van der Waals surface area contributed by atoms with E-state index >= 15 is 0 Å². The molecule has 2 N–H and O–H groups in total. The first-order chi connectivity index (χ1) is 15.2. The van der Waals surface area contributed by atoms with Crippen LogP contribution in [0, 0.1) is 0 Å². The summed E-state index contributed by atoms with van der Waals surface area (Å²) in [6, 6.07) is 11.1. The normalized spacial score (nSPS) is 11.6. The second-order valence-corrected chi connectivity index (χ2v) is 8.02. The molecule has 0 bridgehead atoms. The molecule has 0 radical (unpaired) electrons. The molecule has 0 fully saturated rings. The molecule has 2 heterocycles. The second-order valence-electron chi connectivity index (χ2n) is 6.90. The van der Waals surface area contributed by atoms with E-state index in [0.29, 0.717) is 28.2 Å². The molecule has 6 nitrogen and oxygen atoms in total. The van der Waals surface area contributed by atoms with E-state index in [2.05, 4.69) is 19.7 Å². The average molecular weight is 458 g/mol. The van der Waals surface area contributed by atoms with E-state index in [0.717, 1.165) is 22.4 Å². The number of thiazole rings is 1. The van der Waals surface area contributed by atoms with Gasteiger partial charge in [0.25, 0.3) is 5.91 Å². The first kappa shape index (κ1) is 21.7. The minimum atomic E-state index is -4.74. The Hall–Kier alpha value is -3.53.